The molecule has 1 aromatic carbocycles. The van der Waals surface area contributed by atoms with E-state index in [1.807, 2.05) is 0 Å². The first-order valence-corrected chi connectivity index (χ1v) is 6.70. The predicted molar refractivity (Wildman–Crippen MR) is 76.0 cm³/mol. The largest absolute Gasteiger partial charge is 0.491 e. The summed E-state index contributed by atoms with van der Waals surface area (Å²) in [6.45, 7) is 0.775. The maximum Gasteiger partial charge on any atom is 0.306 e. The van der Waals surface area contributed by atoms with Crippen LogP contribution in [0.4, 0.5) is 4.39 Å². The molecule has 0 aliphatic rings. The number of rotatable bonds is 9. The van der Waals surface area contributed by atoms with Crippen LogP contribution >= 0.6 is 0 Å². The van der Waals surface area contributed by atoms with Gasteiger partial charge in [-0.25, -0.2) is 4.39 Å². The number of hydrogen-bond donors (Lipinski definition) is 2. The van der Waals surface area contributed by atoms with Crippen molar-refractivity contribution in [1.82, 2.24) is 0 Å². The van der Waals surface area contributed by atoms with Gasteiger partial charge < -0.3 is 15.6 Å². The summed E-state index contributed by atoms with van der Waals surface area (Å²) in [5.74, 6) is -1.40. The Labute approximate surface area is 122 Å². The zero-order valence-electron chi connectivity index (χ0n) is 11.9. The summed E-state index contributed by atoms with van der Waals surface area (Å²) < 4.78 is 17.1. The van der Waals surface area contributed by atoms with Crippen molar-refractivity contribution in [2.75, 3.05) is 13.3 Å². The van der Waals surface area contributed by atoms with Gasteiger partial charge in [0, 0.05) is 0 Å². The molecule has 0 aliphatic heterocycles. The molecule has 0 fully saturated rings. The van der Waals surface area contributed by atoms with Gasteiger partial charge in [0.25, 0.3) is 0 Å². The highest BCUT2D eigenvalue weighted by Crippen LogP contribution is 2.18. The minimum Gasteiger partial charge on any atom is -0.491 e. The second kappa shape index (κ2) is 8.36. The quantitative estimate of drug-likeness (QED) is 0.722. The first-order valence-electron chi connectivity index (χ1n) is 6.70. The summed E-state index contributed by atoms with van der Waals surface area (Å²) in [7, 11) is 0. The van der Waals surface area contributed by atoms with Gasteiger partial charge in [-0.05, 0) is 37.5 Å². The average Bonchev–Trinajstić information content (AvgIpc) is 2.45. The molecule has 5 nitrogen and oxygen atoms in total. The molecule has 0 aromatic heterocycles. The van der Waals surface area contributed by atoms with E-state index in [-0.39, 0.29) is 25.2 Å². The van der Waals surface area contributed by atoms with E-state index in [1.165, 1.54) is 6.92 Å². The number of alkyl halides is 1. The molecular weight excluding hydrogens is 277 g/mol. The molecule has 0 aliphatic carbocycles. The fourth-order valence-electron chi connectivity index (χ4n) is 1.91. The lowest BCUT2D eigenvalue weighted by atomic mass is 9.92. The van der Waals surface area contributed by atoms with Gasteiger partial charge in [-0.15, -0.1) is 0 Å². The Kier molecular flexibility index (Phi) is 6.81. The Bertz CT molecular complexity index is 475. The molecule has 0 saturated carbocycles. The fraction of sp³-hybridized carbons (Fsp3) is 0.467. The van der Waals surface area contributed by atoms with E-state index < -0.39 is 24.6 Å². The second-order valence-electron chi connectivity index (χ2n) is 4.87. The number of carbonyl (C=O) groups excluding carboxylic acids is 1. The molecule has 0 spiro atoms. The van der Waals surface area contributed by atoms with E-state index in [4.69, 9.17) is 10.5 Å². The number of benzene rings is 1. The molecule has 116 valence electrons. The number of halogens is 1. The number of carboxylic acid groups (broad SMARTS) is 1. The summed E-state index contributed by atoms with van der Waals surface area (Å²) in [6.07, 6.45) is 0.379. The molecule has 0 bridgehead atoms. The predicted octanol–water partition coefficient (Wildman–Crippen LogP) is 1.58. The Hall–Kier alpha value is -1.95. The Morgan fingerprint density at radius 3 is 2.43 bits per heavy atom. The fourth-order valence-corrected chi connectivity index (χ4v) is 1.91. The van der Waals surface area contributed by atoms with Crippen molar-refractivity contribution in [3.8, 4) is 5.75 Å². The molecule has 6 heteroatoms. The number of hydrogen-bond acceptors (Lipinski definition) is 4. The number of ketones is 1. The van der Waals surface area contributed by atoms with Gasteiger partial charge in [0.1, 0.15) is 24.8 Å². The van der Waals surface area contributed by atoms with E-state index >= 15 is 0 Å². The van der Waals surface area contributed by atoms with Crippen LogP contribution in [0.5, 0.6) is 5.75 Å². The van der Waals surface area contributed by atoms with Gasteiger partial charge in [-0.3, -0.25) is 9.59 Å². The van der Waals surface area contributed by atoms with Gasteiger partial charge >= 0.3 is 5.97 Å². The van der Waals surface area contributed by atoms with Crippen LogP contribution in [0, 0.1) is 5.92 Å². The third-order valence-corrected chi connectivity index (χ3v) is 3.16. The SMILES string of the molecule is CC(=O)[C@H](N)C[C@@H](Cc1ccc(OCCF)cc1)C(=O)O. The summed E-state index contributed by atoms with van der Waals surface area (Å²) >= 11 is 0. The van der Waals surface area contributed by atoms with E-state index in [2.05, 4.69) is 0 Å². The lowest BCUT2D eigenvalue weighted by Crippen LogP contribution is -2.33. The van der Waals surface area contributed by atoms with Crippen molar-refractivity contribution in [2.24, 2.45) is 11.7 Å². The van der Waals surface area contributed by atoms with Crippen molar-refractivity contribution in [3.63, 3.8) is 0 Å². The number of ether oxygens (including phenoxy) is 1. The van der Waals surface area contributed by atoms with Gasteiger partial charge in [0.15, 0.2) is 0 Å². The minimum absolute atomic E-state index is 0.00936. The molecule has 0 saturated heterocycles. The Balaban J connectivity index is 2.66. The Morgan fingerprint density at radius 1 is 1.33 bits per heavy atom. The van der Waals surface area contributed by atoms with Crippen molar-refractivity contribution < 1.29 is 23.8 Å². The van der Waals surface area contributed by atoms with Crippen LogP contribution in [0.1, 0.15) is 18.9 Å². The van der Waals surface area contributed by atoms with E-state index in [0.29, 0.717) is 5.75 Å². The minimum atomic E-state index is -0.982. The highest BCUT2D eigenvalue weighted by Gasteiger charge is 2.23. The summed E-state index contributed by atoms with van der Waals surface area (Å²) in [4.78, 5) is 22.4. The first kappa shape index (κ1) is 17.1. The highest BCUT2D eigenvalue weighted by molar-refractivity contribution is 5.82. The summed E-state index contributed by atoms with van der Waals surface area (Å²) in [6, 6.07) is 6.01. The van der Waals surface area contributed by atoms with Crippen molar-refractivity contribution in [3.05, 3.63) is 29.8 Å². The topological polar surface area (TPSA) is 89.6 Å². The third kappa shape index (κ3) is 5.91. The maximum absolute atomic E-state index is 12.0. The summed E-state index contributed by atoms with van der Waals surface area (Å²) in [5, 5.41) is 9.20. The van der Waals surface area contributed by atoms with Crippen LogP contribution in [0.25, 0.3) is 0 Å². The zero-order valence-corrected chi connectivity index (χ0v) is 11.9. The second-order valence-corrected chi connectivity index (χ2v) is 4.87. The molecule has 1 aromatic rings. The number of carbonyl (C=O) groups is 2. The van der Waals surface area contributed by atoms with Gasteiger partial charge in [0.05, 0.1) is 12.0 Å². The number of Topliss-reactive ketones (excluding diaryl/α,β-unsaturated/α-hetero) is 1. The van der Waals surface area contributed by atoms with Gasteiger partial charge in [-0.2, -0.15) is 0 Å². The van der Waals surface area contributed by atoms with Crippen molar-refractivity contribution in [1.29, 1.82) is 0 Å². The molecule has 21 heavy (non-hydrogen) atoms. The molecule has 0 radical (unpaired) electrons. The monoisotopic (exact) mass is 297 g/mol. The van der Waals surface area contributed by atoms with Crippen LogP contribution in [0.3, 0.4) is 0 Å². The number of aliphatic carboxylic acids is 1. The van der Waals surface area contributed by atoms with Crippen molar-refractivity contribution >= 4 is 11.8 Å². The lowest BCUT2D eigenvalue weighted by Gasteiger charge is -2.16. The Morgan fingerprint density at radius 2 is 1.95 bits per heavy atom. The van der Waals surface area contributed by atoms with E-state index in [0.717, 1.165) is 5.56 Å². The van der Waals surface area contributed by atoms with Crippen LogP contribution in [0.2, 0.25) is 0 Å². The number of nitrogens with two attached hydrogens (primary N) is 1. The average molecular weight is 297 g/mol. The lowest BCUT2D eigenvalue weighted by molar-refractivity contribution is -0.142. The smallest absolute Gasteiger partial charge is 0.306 e. The molecule has 0 heterocycles. The molecular formula is C15H20FNO4. The third-order valence-electron chi connectivity index (χ3n) is 3.16. The standard InChI is InChI=1S/C15H20FNO4/c1-10(18)14(17)9-12(15(19)20)8-11-2-4-13(5-3-11)21-7-6-16/h2-5,12,14H,6-9,17H2,1H3,(H,19,20)/t12-,14-/m1/s1. The van der Waals surface area contributed by atoms with E-state index in [9.17, 15) is 19.1 Å². The van der Waals surface area contributed by atoms with Crippen LogP contribution < -0.4 is 10.5 Å². The highest BCUT2D eigenvalue weighted by atomic mass is 19.1. The number of carboxylic acids is 1. The normalized spacial score (nSPS) is 13.5. The van der Waals surface area contributed by atoms with Crippen LogP contribution in [-0.2, 0) is 16.0 Å². The molecule has 0 unspecified atom stereocenters. The van der Waals surface area contributed by atoms with Crippen LogP contribution in [-0.4, -0.2) is 36.2 Å². The summed E-state index contributed by atoms with van der Waals surface area (Å²) in [5.41, 5.74) is 6.42. The van der Waals surface area contributed by atoms with E-state index in [1.54, 1.807) is 24.3 Å². The van der Waals surface area contributed by atoms with Crippen molar-refractivity contribution in [2.45, 2.75) is 25.8 Å². The van der Waals surface area contributed by atoms with Gasteiger partial charge in [-0.1, -0.05) is 12.1 Å². The first-order chi connectivity index (χ1) is 9.93. The maximum atomic E-state index is 12.0. The molecule has 2 atom stereocenters. The van der Waals surface area contributed by atoms with Crippen LogP contribution in [0.15, 0.2) is 24.3 Å². The molecule has 0 amide bonds. The molecule has 3 N–H and O–H groups in total. The molecule has 1 rings (SSSR count). The van der Waals surface area contributed by atoms with Gasteiger partial charge in [0.2, 0.25) is 0 Å². The zero-order chi connectivity index (χ0) is 15.8.